The molecule has 1 aromatic carbocycles. The Morgan fingerprint density at radius 3 is 2.70 bits per heavy atom. The van der Waals surface area contributed by atoms with E-state index < -0.39 is 0 Å². The molecular weight excluding hydrogens is 338 g/mol. The van der Waals surface area contributed by atoms with E-state index >= 15 is 0 Å². The highest BCUT2D eigenvalue weighted by Gasteiger charge is 2.30. The molecule has 0 radical (unpaired) electrons. The summed E-state index contributed by atoms with van der Waals surface area (Å²) in [5.41, 5.74) is 10.5. The number of hydrogen-bond donors (Lipinski definition) is 2. The Bertz CT molecular complexity index is 848. The first kappa shape index (κ1) is 17.1. The molecule has 6 nitrogen and oxygen atoms in total. The van der Waals surface area contributed by atoms with Crippen LogP contribution in [0.2, 0.25) is 0 Å². The number of benzene rings is 1. The molecule has 1 aromatic heterocycles. The average Bonchev–Trinajstić information content (AvgIpc) is 2.98. The Labute approximate surface area is 160 Å². The van der Waals surface area contributed by atoms with E-state index in [1.807, 2.05) is 6.07 Å². The number of nitrogens with zero attached hydrogens (tertiary/aromatic N) is 3. The van der Waals surface area contributed by atoms with Crippen molar-refractivity contribution < 1.29 is 4.79 Å². The van der Waals surface area contributed by atoms with E-state index in [0.29, 0.717) is 6.54 Å². The summed E-state index contributed by atoms with van der Waals surface area (Å²) in [6, 6.07) is 6.85. The van der Waals surface area contributed by atoms with Gasteiger partial charge in [0.15, 0.2) is 0 Å². The maximum Gasteiger partial charge on any atom is 0.236 e. The molecule has 0 unspecified atom stereocenters. The molecule has 0 atom stereocenters. The van der Waals surface area contributed by atoms with E-state index in [2.05, 4.69) is 31.8 Å². The second-order valence-electron chi connectivity index (χ2n) is 8.35. The van der Waals surface area contributed by atoms with Crippen molar-refractivity contribution in [2.45, 2.75) is 38.3 Å². The molecular formula is C21H29N5O. The smallest absolute Gasteiger partial charge is 0.236 e. The van der Waals surface area contributed by atoms with Gasteiger partial charge in [0, 0.05) is 67.6 Å². The van der Waals surface area contributed by atoms with Crippen LogP contribution in [0.15, 0.2) is 18.2 Å². The lowest BCUT2D eigenvalue weighted by atomic mass is 9.91. The molecule has 1 amide bonds. The Morgan fingerprint density at radius 1 is 1.15 bits per heavy atom. The van der Waals surface area contributed by atoms with Crippen molar-refractivity contribution in [3.05, 3.63) is 29.5 Å². The molecule has 27 heavy (non-hydrogen) atoms. The molecule has 144 valence electrons. The summed E-state index contributed by atoms with van der Waals surface area (Å²) < 4.78 is 0. The van der Waals surface area contributed by atoms with E-state index in [9.17, 15) is 4.79 Å². The highest BCUT2D eigenvalue weighted by Crippen LogP contribution is 2.29. The zero-order valence-electron chi connectivity index (χ0n) is 15.9. The fourth-order valence-corrected chi connectivity index (χ4v) is 4.83. The van der Waals surface area contributed by atoms with Crippen molar-refractivity contribution in [2.24, 2.45) is 0 Å². The molecule has 3 aliphatic rings. The lowest BCUT2D eigenvalue weighted by Crippen LogP contribution is -2.55. The Morgan fingerprint density at radius 2 is 1.96 bits per heavy atom. The van der Waals surface area contributed by atoms with E-state index in [0.717, 1.165) is 62.9 Å². The van der Waals surface area contributed by atoms with Crippen LogP contribution < -0.4 is 5.73 Å². The lowest BCUT2D eigenvalue weighted by Gasteiger charge is -2.43. The molecule has 3 N–H and O–H groups in total. The number of anilines is 1. The summed E-state index contributed by atoms with van der Waals surface area (Å²) in [6.07, 6.45) is 5.04. The van der Waals surface area contributed by atoms with Crippen LogP contribution in [0.5, 0.6) is 0 Å². The zero-order valence-corrected chi connectivity index (χ0v) is 15.9. The first-order valence-corrected chi connectivity index (χ1v) is 10.3. The number of fused-ring (bicyclic) bond motifs is 3. The number of nitrogens with two attached hydrogens (primary N) is 1. The number of aromatic amines is 1. The van der Waals surface area contributed by atoms with Crippen LogP contribution in [0.1, 0.15) is 30.5 Å². The van der Waals surface area contributed by atoms with Gasteiger partial charge in [0.25, 0.3) is 0 Å². The highest BCUT2D eigenvalue weighted by atomic mass is 16.2. The van der Waals surface area contributed by atoms with Gasteiger partial charge in [-0.3, -0.25) is 14.6 Å². The van der Waals surface area contributed by atoms with Gasteiger partial charge in [-0.2, -0.15) is 0 Å². The third-order valence-electron chi connectivity index (χ3n) is 6.70. The number of aromatic nitrogens is 1. The van der Waals surface area contributed by atoms with Crippen LogP contribution in [0.4, 0.5) is 5.69 Å². The van der Waals surface area contributed by atoms with E-state index in [1.165, 1.54) is 35.9 Å². The number of nitrogens with one attached hydrogen (secondary N) is 1. The molecule has 5 rings (SSSR count). The Balaban J connectivity index is 1.20. The summed E-state index contributed by atoms with van der Waals surface area (Å²) in [5, 5.41) is 1.24. The Hall–Kier alpha value is -2.05. The molecule has 0 bridgehead atoms. The minimum atomic E-state index is 0.284. The molecule has 2 fully saturated rings. The largest absolute Gasteiger partial charge is 0.399 e. The van der Waals surface area contributed by atoms with Gasteiger partial charge in [0.1, 0.15) is 0 Å². The predicted octanol–water partition coefficient (Wildman–Crippen LogP) is 1.80. The third-order valence-corrected chi connectivity index (χ3v) is 6.70. The number of hydrogen-bond acceptors (Lipinski definition) is 4. The third kappa shape index (κ3) is 3.21. The second kappa shape index (κ2) is 6.84. The highest BCUT2D eigenvalue weighted by molar-refractivity contribution is 5.87. The topological polar surface area (TPSA) is 68.6 Å². The summed E-state index contributed by atoms with van der Waals surface area (Å²) in [6.45, 7) is 6.15. The SMILES string of the molecule is Nc1ccc2[nH]c3c(c2c1)CCN(CC(=O)N1CCN(C2CCC2)CC1)C3. The quantitative estimate of drug-likeness (QED) is 0.812. The van der Waals surface area contributed by atoms with E-state index in [1.54, 1.807) is 0 Å². The number of piperazine rings is 1. The van der Waals surface area contributed by atoms with Crippen LogP contribution in [-0.2, 0) is 17.8 Å². The van der Waals surface area contributed by atoms with Crippen molar-refractivity contribution in [3.8, 4) is 0 Å². The summed E-state index contributed by atoms with van der Waals surface area (Å²) in [7, 11) is 0. The molecule has 2 aliphatic heterocycles. The standard InChI is InChI=1S/C21H29N5O/c22-15-4-5-19-18(12-15)17-6-7-24(13-20(17)23-19)14-21(27)26-10-8-25(9-11-26)16-2-1-3-16/h4-5,12,16,23H,1-3,6-11,13-14,22H2. The zero-order chi connectivity index (χ0) is 18.4. The van der Waals surface area contributed by atoms with Crippen LogP contribution in [0, 0.1) is 0 Å². The fourth-order valence-electron chi connectivity index (χ4n) is 4.83. The van der Waals surface area contributed by atoms with Gasteiger partial charge in [-0.25, -0.2) is 0 Å². The van der Waals surface area contributed by atoms with Crippen molar-refractivity contribution in [1.82, 2.24) is 19.7 Å². The van der Waals surface area contributed by atoms with Gasteiger partial charge >= 0.3 is 0 Å². The number of carbonyl (C=O) groups is 1. The molecule has 6 heteroatoms. The average molecular weight is 367 g/mol. The molecule has 2 aromatic rings. The second-order valence-corrected chi connectivity index (χ2v) is 8.35. The predicted molar refractivity (Wildman–Crippen MR) is 107 cm³/mol. The monoisotopic (exact) mass is 367 g/mol. The first-order valence-electron chi connectivity index (χ1n) is 10.3. The van der Waals surface area contributed by atoms with Gasteiger partial charge < -0.3 is 15.6 Å². The van der Waals surface area contributed by atoms with Crippen molar-refractivity contribution in [2.75, 3.05) is 45.0 Å². The molecule has 1 aliphatic carbocycles. The summed E-state index contributed by atoms with van der Waals surface area (Å²) in [4.78, 5) is 23.2. The van der Waals surface area contributed by atoms with E-state index in [4.69, 9.17) is 5.73 Å². The van der Waals surface area contributed by atoms with E-state index in [-0.39, 0.29) is 5.91 Å². The van der Waals surface area contributed by atoms with Gasteiger partial charge in [-0.15, -0.1) is 0 Å². The molecule has 1 saturated heterocycles. The maximum absolute atomic E-state index is 12.8. The van der Waals surface area contributed by atoms with Crippen LogP contribution >= 0.6 is 0 Å². The first-order chi connectivity index (χ1) is 13.2. The lowest BCUT2D eigenvalue weighted by molar-refractivity contribution is -0.135. The number of rotatable bonds is 3. The maximum atomic E-state index is 12.8. The fraction of sp³-hybridized carbons (Fsp3) is 0.571. The summed E-state index contributed by atoms with van der Waals surface area (Å²) >= 11 is 0. The number of H-pyrrole nitrogens is 1. The van der Waals surface area contributed by atoms with Crippen molar-refractivity contribution >= 4 is 22.5 Å². The van der Waals surface area contributed by atoms with Gasteiger partial charge in [-0.1, -0.05) is 6.42 Å². The normalized spacial score (nSPS) is 22.0. The van der Waals surface area contributed by atoms with Gasteiger partial charge in [0.05, 0.1) is 6.54 Å². The van der Waals surface area contributed by atoms with Crippen LogP contribution in [0.25, 0.3) is 10.9 Å². The van der Waals surface area contributed by atoms with Crippen LogP contribution in [-0.4, -0.2) is 70.9 Å². The van der Waals surface area contributed by atoms with Crippen molar-refractivity contribution in [1.29, 1.82) is 0 Å². The number of amides is 1. The number of nitrogen functional groups attached to an aromatic ring is 1. The van der Waals surface area contributed by atoms with Gasteiger partial charge in [-0.05, 0) is 43.0 Å². The Kier molecular flexibility index (Phi) is 4.32. The minimum Gasteiger partial charge on any atom is -0.399 e. The van der Waals surface area contributed by atoms with Gasteiger partial charge in [0.2, 0.25) is 5.91 Å². The van der Waals surface area contributed by atoms with Crippen LogP contribution in [0.3, 0.4) is 0 Å². The van der Waals surface area contributed by atoms with Crippen molar-refractivity contribution in [3.63, 3.8) is 0 Å². The number of carbonyl (C=O) groups excluding carboxylic acids is 1. The molecule has 1 saturated carbocycles. The molecule has 3 heterocycles. The minimum absolute atomic E-state index is 0.284. The summed E-state index contributed by atoms with van der Waals surface area (Å²) in [5.74, 6) is 0.284. The molecule has 0 spiro atoms.